The molecule has 104 valence electrons. The van der Waals surface area contributed by atoms with Gasteiger partial charge >= 0.3 is 0 Å². The summed E-state index contributed by atoms with van der Waals surface area (Å²) in [5.74, 6) is 1.62. The predicted octanol–water partition coefficient (Wildman–Crippen LogP) is 3.55. The van der Waals surface area contributed by atoms with Gasteiger partial charge in [-0.05, 0) is 36.1 Å². The van der Waals surface area contributed by atoms with Crippen molar-refractivity contribution in [1.82, 2.24) is 0 Å². The van der Waals surface area contributed by atoms with Crippen LogP contribution in [-0.2, 0) is 0 Å². The molecule has 2 atom stereocenters. The number of nitrogens with zero attached hydrogens (tertiary/aromatic N) is 1. The number of benzene rings is 2. The van der Waals surface area contributed by atoms with Gasteiger partial charge in [0.05, 0.1) is 12.2 Å². The topological polar surface area (TPSA) is 50.1 Å². The summed E-state index contributed by atoms with van der Waals surface area (Å²) >= 11 is 0. The van der Waals surface area contributed by atoms with Gasteiger partial charge in [-0.2, -0.15) is 5.26 Å². The first kappa shape index (κ1) is 13.4. The van der Waals surface area contributed by atoms with Crippen LogP contribution in [0, 0.1) is 17.2 Å². The van der Waals surface area contributed by atoms with Crippen molar-refractivity contribution in [2.24, 2.45) is 5.92 Å². The summed E-state index contributed by atoms with van der Waals surface area (Å²) in [5, 5.41) is 9.10. The highest BCUT2D eigenvalue weighted by molar-refractivity contribution is 5.76. The molecule has 1 saturated carbocycles. The Balaban J connectivity index is 1.62. The van der Waals surface area contributed by atoms with Crippen molar-refractivity contribution < 1.29 is 9.53 Å². The number of hydrogen-bond donors (Lipinski definition) is 0. The number of nitriles is 1. The zero-order valence-electron chi connectivity index (χ0n) is 11.5. The molecule has 0 aliphatic heterocycles. The summed E-state index contributed by atoms with van der Waals surface area (Å²) in [7, 11) is 0. The van der Waals surface area contributed by atoms with Crippen molar-refractivity contribution in [3.63, 3.8) is 0 Å². The maximum atomic E-state index is 10.7. The van der Waals surface area contributed by atoms with Crippen LogP contribution in [0.5, 0.6) is 5.75 Å². The van der Waals surface area contributed by atoms with Gasteiger partial charge in [0.1, 0.15) is 18.1 Å². The molecule has 2 aromatic carbocycles. The molecule has 0 unspecified atom stereocenters. The van der Waals surface area contributed by atoms with Crippen molar-refractivity contribution >= 4 is 6.29 Å². The smallest absolute Gasteiger partial charge is 0.150 e. The molecule has 1 aliphatic carbocycles. The molecule has 0 spiro atoms. The molecule has 0 radical (unpaired) electrons. The highest BCUT2D eigenvalue weighted by Gasteiger charge is 2.38. The number of rotatable bonds is 5. The standard InChI is InChI=1S/C18H15NO2/c19-10-15-8-13(11-20)6-7-18(15)21-12-16-9-17(16)14-4-2-1-3-5-14/h1-8,11,16-17H,9,12H2/t16-,17+/m0/s1. The normalized spacial score (nSPS) is 19.6. The van der Waals surface area contributed by atoms with Crippen LogP contribution in [0.25, 0.3) is 0 Å². The second-order valence-corrected chi connectivity index (χ2v) is 5.31. The molecular formula is C18H15NO2. The van der Waals surface area contributed by atoms with Crippen molar-refractivity contribution in [3.8, 4) is 11.8 Å². The predicted molar refractivity (Wildman–Crippen MR) is 79.3 cm³/mol. The average Bonchev–Trinajstić information content (AvgIpc) is 3.33. The molecule has 2 aromatic rings. The summed E-state index contributed by atoms with van der Waals surface area (Å²) < 4.78 is 5.76. The Labute approximate surface area is 123 Å². The van der Waals surface area contributed by atoms with E-state index in [1.165, 1.54) is 5.56 Å². The minimum atomic E-state index is 0.413. The van der Waals surface area contributed by atoms with Gasteiger partial charge < -0.3 is 4.74 Å². The third-order valence-electron chi connectivity index (χ3n) is 3.86. The van der Waals surface area contributed by atoms with Crippen molar-refractivity contribution in [1.29, 1.82) is 5.26 Å². The van der Waals surface area contributed by atoms with Crippen LogP contribution in [0.4, 0.5) is 0 Å². The van der Waals surface area contributed by atoms with Crippen LogP contribution in [0.2, 0.25) is 0 Å². The van der Waals surface area contributed by atoms with E-state index in [1.807, 2.05) is 6.07 Å². The first-order valence-electron chi connectivity index (χ1n) is 6.99. The van der Waals surface area contributed by atoms with Crippen LogP contribution >= 0.6 is 0 Å². The molecule has 21 heavy (non-hydrogen) atoms. The fourth-order valence-corrected chi connectivity index (χ4v) is 2.57. The first-order chi connectivity index (χ1) is 10.3. The van der Waals surface area contributed by atoms with E-state index in [-0.39, 0.29) is 0 Å². The molecule has 0 amide bonds. The van der Waals surface area contributed by atoms with E-state index in [9.17, 15) is 4.79 Å². The first-order valence-corrected chi connectivity index (χ1v) is 6.99. The highest BCUT2D eigenvalue weighted by Crippen LogP contribution is 2.47. The average molecular weight is 277 g/mol. The molecular weight excluding hydrogens is 262 g/mol. The van der Waals surface area contributed by atoms with E-state index < -0.39 is 0 Å². The Morgan fingerprint density at radius 1 is 1.24 bits per heavy atom. The summed E-state index contributed by atoms with van der Waals surface area (Å²) in [5.41, 5.74) is 2.26. The van der Waals surface area contributed by atoms with E-state index in [0.29, 0.717) is 35.3 Å². The maximum absolute atomic E-state index is 10.7. The van der Waals surface area contributed by atoms with Crippen molar-refractivity contribution in [2.75, 3.05) is 6.61 Å². The minimum absolute atomic E-state index is 0.413. The third-order valence-corrected chi connectivity index (χ3v) is 3.86. The monoisotopic (exact) mass is 277 g/mol. The molecule has 0 aromatic heterocycles. The zero-order valence-corrected chi connectivity index (χ0v) is 11.5. The van der Waals surface area contributed by atoms with Gasteiger partial charge in [-0.1, -0.05) is 30.3 Å². The van der Waals surface area contributed by atoms with E-state index in [4.69, 9.17) is 10.00 Å². The van der Waals surface area contributed by atoms with Crippen molar-refractivity contribution in [2.45, 2.75) is 12.3 Å². The Morgan fingerprint density at radius 2 is 2.05 bits per heavy atom. The Bertz CT molecular complexity index is 688. The summed E-state index contributed by atoms with van der Waals surface area (Å²) in [6.07, 6.45) is 1.86. The van der Waals surface area contributed by atoms with Gasteiger partial charge in [0.25, 0.3) is 0 Å². The summed E-state index contributed by atoms with van der Waals surface area (Å²) in [6.45, 7) is 0.606. The summed E-state index contributed by atoms with van der Waals surface area (Å²) in [4.78, 5) is 10.7. The molecule has 0 bridgehead atoms. The lowest BCUT2D eigenvalue weighted by Crippen LogP contribution is -2.02. The molecule has 3 nitrogen and oxygen atoms in total. The second kappa shape index (κ2) is 5.80. The number of carbonyl (C=O) groups is 1. The number of carbonyl (C=O) groups excluding carboxylic acids is 1. The van der Waals surface area contributed by atoms with Gasteiger partial charge in [0.15, 0.2) is 0 Å². The quantitative estimate of drug-likeness (QED) is 0.785. The molecule has 0 saturated heterocycles. The van der Waals surface area contributed by atoms with Crippen molar-refractivity contribution in [3.05, 3.63) is 65.2 Å². The van der Waals surface area contributed by atoms with Gasteiger partial charge in [-0.15, -0.1) is 0 Å². The molecule has 1 fully saturated rings. The number of aldehydes is 1. The fraction of sp³-hybridized carbons (Fsp3) is 0.222. The van der Waals surface area contributed by atoms with E-state index in [1.54, 1.807) is 18.2 Å². The lowest BCUT2D eigenvalue weighted by Gasteiger charge is -2.08. The number of ether oxygens (including phenoxy) is 1. The minimum Gasteiger partial charge on any atom is -0.492 e. The van der Waals surface area contributed by atoms with E-state index >= 15 is 0 Å². The lowest BCUT2D eigenvalue weighted by molar-refractivity contribution is 0.112. The molecule has 0 heterocycles. The van der Waals surface area contributed by atoms with Gasteiger partial charge in [-0.3, -0.25) is 4.79 Å². The number of hydrogen-bond acceptors (Lipinski definition) is 3. The fourth-order valence-electron chi connectivity index (χ4n) is 2.57. The Morgan fingerprint density at radius 3 is 2.76 bits per heavy atom. The van der Waals surface area contributed by atoms with Gasteiger partial charge in [-0.25, -0.2) is 0 Å². The zero-order chi connectivity index (χ0) is 14.7. The van der Waals surface area contributed by atoms with Gasteiger partial charge in [0.2, 0.25) is 0 Å². The van der Waals surface area contributed by atoms with Crippen LogP contribution in [0.15, 0.2) is 48.5 Å². The van der Waals surface area contributed by atoms with Crippen LogP contribution in [0.1, 0.15) is 33.8 Å². The van der Waals surface area contributed by atoms with Crippen LogP contribution in [-0.4, -0.2) is 12.9 Å². The Hall–Kier alpha value is -2.60. The van der Waals surface area contributed by atoms with E-state index in [2.05, 4.69) is 30.3 Å². The molecule has 0 N–H and O–H groups in total. The second-order valence-electron chi connectivity index (χ2n) is 5.31. The molecule has 1 aliphatic rings. The van der Waals surface area contributed by atoms with Crippen LogP contribution in [0.3, 0.4) is 0 Å². The SMILES string of the molecule is N#Cc1cc(C=O)ccc1OC[C@@H]1C[C@@H]1c1ccccc1. The maximum Gasteiger partial charge on any atom is 0.150 e. The molecule has 3 rings (SSSR count). The Kier molecular flexibility index (Phi) is 3.70. The third kappa shape index (κ3) is 2.95. The molecule has 3 heteroatoms. The summed E-state index contributed by atoms with van der Waals surface area (Å²) in [6, 6.07) is 17.4. The van der Waals surface area contributed by atoms with Crippen LogP contribution < -0.4 is 4.74 Å². The van der Waals surface area contributed by atoms with E-state index in [0.717, 1.165) is 12.7 Å². The van der Waals surface area contributed by atoms with Gasteiger partial charge in [0, 0.05) is 11.5 Å². The largest absolute Gasteiger partial charge is 0.492 e. The highest BCUT2D eigenvalue weighted by atomic mass is 16.5. The lowest BCUT2D eigenvalue weighted by atomic mass is 10.1.